The van der Waals surface area contributed by atoms with Crippen molar-refractivity contribution in [2.75, 3.05) is 0 Å². The van der Waals surface area contributed by atoms with Gasteiger partial charge in [0.05, 0.1) is 22.3 Å². The molecule has 1 N–H and O–H groups in total. The molecule has 1 aromatic heterocycles. The van der Waals surface area contributed by atoms with Gasteiger partial charge in [0.2, 0.25) is 10.0 Å². The second-order valence-corrected chi connectivity index (χ2v) is 8.12. The van der Waals surface area contributed by atoms with E-state index in [-0.39, 0.29) is 5.75 Å². The molecule has 0 saturated heterocycles. The Labute approximate surface area is 138 Å². The van der Waals surface area contributed by atoms with Crippen LogP contribution in [0.5, 0.6) is 0 Å². The first-order chi connectivity index (χ1) is 11.0. The third-order valence-corrected chi connectivity index (χ3v) is 5.75. The number of carbonyl (C=O) groups excluding carboxylic acids is 1. The monoisotopic (exact) mass is 346 g/mol. The first kappa shape index (κ1) is 15.7. The molecule has 7 heteroatoms. The number of rotatable bonds is 5. The Morgan fingerprint density at radius 3 is 2.57 bits per heavy atom. The molecule has 5 nitrogen and oxygen atoms in total. The Morgan fingerprint density at radius 1 is 1.26 bits per heavy atom. The lowest BCUT2D eigenvalue weighted by molar-refractivity contribution is 0.0984. The lowest BCUT2D eigenvalue weighted by Crippen LogP contribution is -2.31. The zero-order valence-electron chi connectivity index (χ0n) is 12.2. The summed E-state index contributed by atoms with van der Waals surface area (Å²) in [5, 5.41) is 10.6. The molecule has 118 valence electrons. The first-order valence-corrected chi connectivity index (χ1v) is 9.63. The fourth-order valence-electron chi connectivity index (χ4n) is 2.34. The van der Waals surface area contributed by atoms with Gasteiger partial charge >= 0.3 is 0 Å². The van der Waals surface area contributed by atoms with E-state index in [0.29, 0.717) is 21.9 Å². The van der Waals surface area contributed by atoms with Crippen LogP contribution < -0.4 is 4.72 Å². The fourth-order valence-corrected chi connectivity index (χ4v) is 4.37. The van der Waals surface area contributed by atoms with Gasteiger partial charge in [-0.05, 0) is 53.5 Å². The molecule has 1 aliphatic carbocycles. The molecule has 23 heavy (non-hydrogen) atoms. The third-order valence-electron chi connectivity index (χ3n) is 3.61. The highest BCUT2D eigenvalue weighted by Crippen LogP contribution is 2.43. The van der Waals surface area contributed by atoms with Crippen LogP contribution in [-0.2, 0) is 15.8 Å². The van der Waals surface area contributed by atoms with Crippen molar-refractivity contribution in [2.24, 2.45) is 0 Å². The summed E-state index contributed by atoms with van der Waals surface area (Å²) < 4.78 is 26.5. The van der Waals surface area contributed by atoms with Crippen LogP contribution in [-0.4, -0.2) is 14.3 Å². The van der Waals surface area contributed by atoms with Gasteiger partial charge < -0.3 is 0 Å². The summed E-state index contributed by atoms with van der Waals surface area (Å²) in [6.07, 6.45) is 2.10. The molecular weight excluding hydrogens is 332 g/mol. The minimum Gasteiger partial charge on any atom is -0.267 e. The van der Waals surface area contributed by atoms with Gasteiger partial charge in [0.1, 0.15) is 0 Å². The van der Waals surface area contributed by atoms with E-state index in [1.54, 1.807) is 24.3 Å². The van der Waals surface area contributed by atoms with E-state index in [1.807, 2.05) is 17.5 Å². The number of sulfonamides is 1. The molecule has 1 amide bonds. The number of thiophene rings is 1. The largest absolute Gasteiger partial charge is 0.275 e. The van der Waals surface area contributed by atoms with E-state index in [1.165, 1.54) is 11.3 Å². The second kappa shape index (κ2) is 6.14. The molecule has 0 spiro atoms. The van der Waals surface area contributed by atoms with Gasteiger partial charge in [-0.2, -0.15) is 5.26 Å². The molecule has 1 fully saturated rings. The number of amides is 1. The predicted octanol–water partition coefficient (Wildman–Crippen LogP) is 2.76. The van der Waals surface area contributed by atoms with Gasteiger partial charge in [-0.3, -0.25) is 4.79 Å². The summed E-state index contributed by atoms with van der Waals surface area (Å²) in [4.78, 5) is 12.7. The molecule has 1 aromatic carbocycles. The normalized spacial score (nSPS) is 14.2. The minimum atomic E-state index is -3.78. The smallest absolute Gasteiger partial charge is 0.267 e. The van der Waals surface area contributed by atoms with E-state index in [2.05, 4.69) is 4.72 Å². The van der Waals surface area contributed by atoms with Crippen molar-refractivity contribution in [3.8, 4) is 6.07 Å². The second-order valence-electron chi connectivity index (χ2n) is 5.48. The van der Waals surface area contributed by atoms with Crippen LogP contribution in [0.4, 0.5) is 0 Å². The predicted molar refractivity (Wildman–Crippen MR) is 87.5 cm³/mol. The highest BCUT2D eigenvalue weighted by molar-refractivity contribution is 7.89. The van der Waals surface area contributed by atoms with Crippen LogP contribution in [0.25, 0.3) is 0 Å². The Kier molecular flexibility index (Phi) is 4.20. The average Bonchev–Trinajstić information content (AvgIpc) is 3.23. The summed E-state index contributed by atoms with van der Waals surface area (Å²) in [6.45, 7) is 0. The fraction of sp³-hybridized carbons (Fsp3) is 0.250. The molecular formula is C16H14N2O3S2. The zero-order valence-corrected chi connectivity index (χ0v) is 13.8. The van der Waals surface area contributed by atoms with E-state index in [0.717, 1.165) is 18.4 Å². The molecule has 1 heterocycles. The average molecular weight is 346 g/mol. The van der Waals surface area contributed by atoms with Gasteiger partial charge in [-0.1, -0.05) is 12.1 Å². The summed E-state index contributed by atoms with van der Waals surface area (Å²) in [5.41, 5.74) is 1.93. The van der Waals surface area contributed by atoms with Crippen molar-refractivity contribution in [2.45, 2.75) is 24.5 Å². The molecule has 0 atom stereocenters. The van der Waals surface area contributed by atoms with Crippen LogP contribution in [0.3, 0.4) is 0 Å². The van der Waals surface area contributed by atoms with Gasteiger partial charge in [-0.15, -0.1) is 11.3 Å². The SMILES string of the molecule is N#Cc1ccc(CS(=O)(=O)NC(=O)c2sccc2C2CC2)cc1. The molecule has 0 radical (unpaired) electrons. The Morgan fingerprint density at radius 2 is 1.96 bits per heavy atom. The topological polar surface area (TPSA) is 87.0 Å². The van der Waals surface area contributed by atoms with Crippen molar-refractivity contribution < 1.29 is 13.2 Å². The van der Waals surface area contributed by atoms with Crippen molar-refractivity contribution in [3.63, 3.8) is 0 Å². The maximum atomic E-state index is 12.2. The Hall–Kier alpha value is -2.17. The third kappa shape index (κ3) is 3.78. The molecule has 3 rings (SSSR count). The van der Waals surface area contributed by atoms with E-state index >= 15 is 0 Å². The molecule has 1 saturated carbocycles. The Balaban J connectivity index is 1.71. The van der Waals surface area contributed by atoms with Crippen LogP contribution in [0.2, 0.25) is 0 Å². The van der Waals surface area contributed by atoms with E-state index < -0.39 is 15.9 Å². The van der Waals surface area contributed by atoms with Gasteiger partial charge in [0.25, 0.3) is 5.91 Å². The van der Waals surface area contributed by atoms with Crippen molar-refractivity contribution in [3.05, 3.63) is 57.3 Å². The number of nitrogens with zero attached hydrogens (tertiary/aromatic N) is 1. The molecule has 0 unspecified atom stereocenters. The van der Waals surface area contributed by atoms with Crippen LogP contribution in [0.15, 0.2) is 35.7 Å². The summed E-state index contributed by atoms with van der Waals surface area (Å²) in [5.74, 6) is -0.465. The zero-order chi connectivity index (χ0) is 16.4. The summed E-state index contributed by atoms with van der Waals surface area (Å²) >= 11 is 1.27. The van der Waals surface area contributed by atoms with Crippen LogP contribution in [0, 0.1) is 11.3 Å². The van der Waals surface area contributed by atoms with E-state index in [9.17, 15) is 13.2 Å². The number of benzene rings is 1. The molecule has 1 aliphatic rings. The number of hydrogen-bond donors (Lipinski definition) is 1. The maximum Gasteiger partial charge on any atom is 0.275 e. The standard InChI is InChI=1S/C16H14N2O3S2/c17-9-11-1-3-12(4-2-11)10-23(20,21)18-16(19)15-14(7-8-22-15)13-5-6-13/h1-4,7-8,13H,5-6,10H2,(H,18,19). The number of nitrogens with one attached hydrogen (secondary N) is 1. The summed E-state index contributed by atoms with van der Waals surface area (Å²) in [7, 11) is -3.78. The highest BCUT2D eigenvalue weighted by Gasteiger charge is 2.30. The van der Waals surface area contributed by atoms with Crippen LogP contribution in [0.1, 0.15) is 45.1 Å². The van der Waals surface area contributed by atoms with Gasteiger partial charge in [0.15, 0.2) is 0 Å². The molecule has 0 bridgehead atoms. The lowest BCUT2D eigenvalue weighted by atomic mass is 10.1. The minimum absolute atomic E-state index is 0.297. The van der Waals surface area contributed by atoms with Crippen molar-refractivity contribution >= 4 is 27.3 Å². The lowest BCUT2D eigenvalue weighted by Gasteiger charge is -2.07. The maximum absolute atomic E-state index is 12.2. The number of hydrogen-bond acceptors (Lipinski definition) is 5. The van der Waals surface area contributed by atoms with Gasteiger partial charge in [0, 0.05) is 0 Å². The highest BCUT2D eigenvalue weighted by atomic mass is 32.2. The quantitative estimate of drug-likeness (QED) is 0.902. The van der Waals surface area contributed by atoms with E-state index in [4.69, 9.17) is 5.26 Å². The summed E-state index contributed by atoms with van der Waals surface area (Å²) in [6, 6.07) is 10.1. The van der Waals surface area contributed by atoms with Gasteiger partial charge in [-0.25, -0.2) is 13.1 Å². The molecule has 2 aromatic rings. The first-order valence-electron chi connectivity index (χ1n) is 7.10. The molecule has 0 aliphatic heterocycles. The number of carbonyl (C=O) groups is 1. The van der Waals surface area contributed by atoms with Crippen molar-refractivity contribution in [1.82, 2.24) is 4.72 Å². The van der Waals surface area contributed by atoms with Crippen LogP contribution >= 0.6 is 11.3 Å². The number of nitriles is 1. The Bertz CT molecular complexity index is 873. The van der Waals surface area contributed by atoms with Crippen molar-refractivity contribution in [1.29, 1.82) is 5.26 Å².